The van der Waals surface area contributed by atoms with Crippen LogP contribution in [-0.4, -0.2) is 48.3 Å². The smallest absolute Gasteiger partial charge is 0.269 e. The maximum Gasteiger partial charge on any atom is 0.269 e. The summed E-state index contributed by atoms with van der Waals surface area (Å²) in [7, 11) is 0. The average molecular weight is 532 g/mol. The number of nitrogens with zero attached hydrogens (tertiary/aromatic N) is 2. The molecule has 3 N–H and O–H groups in total. The van der Waals surface area contributed by atoms with Gasteiger partial charge in [0.1, 0.15) is 24.3 Å². The van der Waals surface area contributed by atoms with E-state index in [0.29, 0.717) is 31.2 Å². The highest BCUT2D eigenvalue weighted by atomic mass is 127. The van der Waals surface area contributed by atoms with Crippen LogP contribution in [0.25, 0.3) is 0 Å². The van der Waals surface area contributed by atoms with Crippen LogP contribution in [0.15, 0.2) is 53.5 Å². The fourth-order valence-electron chi connectivity index (χ4n) is 2.47. The summed E-state index contributed by atoms with van der Waals surface area (Å²) in [6, 6.07) is 12.1. The first-order valence-corrected chi connectivity index (χ1v) is 9.30. The molecule has 0 bridgehead atoms. The van der Waals surface area contributed by atoms with Crippen molar-refractivity contribution in [2.24, 2.45) is 4.99 Å². The van der Waals surface area contributed by atoms with E-state index < -0.39 is 11.0 Å². The third-order valence-corrected chi connectivity index (χ3v) is 3.89. The molecule has 164 valence electrons. The summed E-state index contributed by atoms with van der Waals surface area (Å²) >= 11 is 0. The molecule has 0 aromatic heterocycles. The lowest BCUT2D eigenvalue weighted by Crippen LogP contribution is -2.39. The highest BCUT2D eigenvalue weighted by molar-refractivity contribution is 14.0. The molecule has 2 rings (SSSR count). The van der Waals surface area contributed by atoms with Crippen molar-refractivity contribution in [3.8, 4) is 5.75 Å². The lowest BCUT2D eigenvalue weighted by Gasteiger charge is -2.14. The predicted molar refractivity (Wildman–Crippen MR) is 124 cm³/mol. The van der Waals surface area contributed by atoms with Gasteiger partial charge in [-0.15, -0.1) is 24.0 Å². The summed E-state index contributed by atoms with van der Waals surface area (Å²) < 4.78 is 18.6. The highest BCUT2D eigenvalue weighted by Crippen LogP contribution is 2.17. The lowest BCUT2D eigenvalue weighted by atomic mass is 10.1. The van der Waals surface area contributed by atoms with Crippen LogP contribution in [0.2, 0.25) is 0 Å². The molecule has 0 spiro atoms. The van der Waals surface area contributed by atoms with E-state index in [1.165, 1.54) is 36.4 Å². The first-order chi connectivity index (χ1) is 14.0. The van der Waals surface area contributed by atoms with E-state index in [-0.39, 0.29) is 48.6 Å². The zero-order valence-corrected chi connectivity index (χ0v) is 18.9. The second kappa shape index (κ2) is 13.7. The molecule has 0 aliphatic carbocycles. The van der Waals surface area contributed by atoms with Crippen LogP contribution in [0.5, 0.6) is 5.75 Å². The molecule has 0 aliphatic rings. The number of ether oxygens (including phenoxy) is 1. The summed E-state index contributed by atoms with van der Waals surface area (Å²) in [6.07, 6.45) is -0.211. The summed E-state index contributed by atoms with van der Waals surface area (Å²) in [5.41, 5.74) is 0.854. The maximum absolute atomic E-state index is 13.2. The van der Waals surface area contributed by atoms with E-state index in [2.05, 4.69) is 15.6 Å². The number of nitro benzene ring substituents is 1. The minimum absolute atomic E-state index is 0. The van der Waals surface area contributed by atoms with Gasteiger partial charge in [-0.3, -0.25) is 15.1 Å². The maximum atomic E-state index is 13.2. The van der Waals surface area contributed by atoms with Gasteiger partial charge in [0.15, 0.2) is 5.96 Å². The van der Waals surface area contributed by atoms with Crippen LogP contribution in [0.3, 0.4) is 0 Å². The van der Waals surface area contributed by atoms with Gasteiger partial charge >= 0.3 is 0 Å². The average Bonchev–Trinajstić information content (AvgIpc) is 2.71. The first-order valence-electron chi connectivity index (χ1n) is 9.30. The fourth-order valence-corrected chi connectivity index (χ4v) is 2.47. The monoisotopic (exact) mass is 532 g/mol. The van der Waals surface area contributed by atoms with Gasteiger partial charge in [0.25, 0.3) is 5.69 Å². The van der Waals surface area contributed by atoms with Crippen molar-refractivity contribution in [2.45, 2.75) is 19.4 Å². The minimum Gasteiger partial charge on any atom is -0.491 e. The van der Waals surface area contributed by atoms with Crippen molar-refractivity contribution in [3.63, 3.8) is 0 Å². The summed E-state index contributed by atoms with van der Waals surface area (Å²) in [4.78, 5) is 14.5. The zero-order chi connectivity index (χ0) is 21.1. The quantitative estimate of drug-likeness (QED) is 0.143. The number of aliphatic hydroxyl groups excluding tert-OH is 1. The van der Waals surface area contributed by atoms with Gasteiger partial charge < -0.3 is 20.5 Å². The van der Waals surface area contributed by atoms with Gasteiger partial charge in [-0.25, -0.2) is 4.39 Å². The van der Waals surface area contributed by atoms with Crippen molar-refractivity contribution in [2.75, 3.05) is 26.2 Å². The molecular weight excluding hydrogens is 506 g/mol. The van der Waals surface area contributed by atoms with E-state index in [4.69, 9.17) is 4.74 Å². The molecule has 30 heavy (non-hydrogen) atoms. The van der Waals surface area contributed by atoms with E-state index in [9.17, 15) is 19.6 Å². The molecule has 0 aliphatic heterocycles. The number of nitrogens with one attached hydrogen (secondary N) is 2. The van der Waals surface area contributed by atoms with Crippen LogP contribution in [0, 0.1) is 15.9 Å². The van der Waals surface area contributed by atoms with Gasteiger partial charge in [0.2, 0.25) is 0 Å². The van der Waals surface area contributed by atoms with Crippen LogP contribution in [0.1, 0.15) is 12.5 Å². The van der Waals surface area contributed by atoms with E-state index in [0.717, 1.165) is 5.56 Å². The van der Waals surface area contributed by atoms with Gasteiger partial charge in [-0.2, -0.15) is 0 Å². The number of nitro groups is 1. The van der Waals surface area contributed by atoms with Crippen molar-refractivity contribution >= 4 is 35.6 Å². The van der Waals surface area contributed by atoms with Crippen LogP contribution < -0.4 is 15.4 Å². The lowest BCUT2D eigenvalue weighted by molar-refractivity contribution is -0.384. The molecule has 0 saturated carbocycles. The van der Waals surface area contributed by atoms with Gasteiger partial charge in [0, 0.05) is 25.2 Å². The van der Waals surface area contributed by atoms with Crippen molar-refractivity contribution in [3.05, 3.63) is 70.0 Å². The summed E-state index contributed by atoms with van der Waals surface area (Å²) in [5.74, 6) is 0.705. The topological polar surface area (TPSA) is 109 Å². The first kappa shape index (κ1) is 25.6. The Bertz CT molecular complexity index is 821. The van der Waals surface area contributed by atoms with Crippen LogP contribution in [-0.2, 0) is 6.42 Å². The zero-order valence-electron chi connectivity index (χ0n) is 16.6. The Balaban J connectivity index is 0.00000450. The second-order valence-corrected chi connectivity index (χ2v) is 6.24. The Morgan fingerprint density at radius 3 is 2.63 bits per heavy atom. The summed E-state index contributed by atoms with van der Waals surface area (Å²) in [6.45, 7) is 3.26. The number of guanidine groups is 1. The summed E-state index contributed by atoms with van der Waals surface area (Å²) in [5, 5.41) is 26.9. The Kier molecular flexibility index (Phi) is 11.7. The minimum atomic E-state index is -0.844. The standard InChI is InChI=1S/C20H25FN4O4.HI/c1-2-22-20(23-11-10-15-4-3-5-16(21)12-15)24-13-18(26)14-29-19-8-6-17(7-9-19)25(27)28;/h3-9,12,18,26H,2,10-11,13-14H2,1H3,(H2,22,23,24);1H. The molecule has 2 aromatic rings. The highest BCUT2D eigenvalue weighted by Gasteiger charge is 2.08. The predicted octanol–water partition coefficient (Wildman–Crippen LogP) is 2.89. The molecule has 0 fully saturated rings. The van der Waals surface area contributed by atoms with Gasteiger partial charge in [-0.05, 0) is 43.2 Å². The van der Waals surface area contributed by atoms with E-state index in [1.807, 2.05) is 13.0 Å². The van der Waals surface area contributed by atoms with E-state index >= 15 is 0 Å². The largest absolute Gasteiger partial charge is 0.491 e. The number of benzene rings is 2. The van der Waals surface area contributed by atoms with Crippen molar-refractivity contribution in [1.82, 2.24) is 10.6 Å². The van der Waals surface area contributed by atoms with Gasteiger partial charge in [-0.1, -0.05) is 12.1 Å². The SMILES string of the molecule is CCNC(=NCC(O)COc1ccc([N+](=O)[O-])cc1)NCCc1cccc(F)c1.I. The third-order valence-electron chi connectivity index (χ3n) is 3.89. The molecule has 10 heteroatoms. The Hall–Kier alpha value is -2.47. The number of non-ortho nitro benzene ring substituents is 1. The molecule has 0 saturated heterocycles. The molecule has 0 amide bonds. The second-order valence-electron chi connectivity index (χ2n) is 6.24. The number of aliphatic imine (C=N–C) groups is 1. The third kappa shape index (κ3) is 9.35. The van der Waals surface area contributed by atoms with E-state index in [1.54, 1.807) is 6.07 Å². The Labute approximate surface area is 191 Å². The van der Waals surface area contributed by atoms with Crippen molar-refractivity contribution in [1.29, 1.82) is 0 Å². The number of rotatable bonds is 10. The molecule has 1 unspecified atom stereocenters. The van der Waals surface area contributed by atoms with Crippen LogP contribution >= 0.6 is 24.0 Å². The van der Waals surface area contributed by atoms with Crippen LogP contribution in [0.4, 0.5) is 10.1 Å². The molecule has 0 heterocycles. The molecule has 1 atom stereocenters. The number of aliphatic hydroxyl groups is 1. The Morgan fingerprint density at radius 1 is 1.27 bits per heavy atom. The fraction of sp³-hybridized carbons (Fsp3) is 0.350. The number of halogens is 2. The molecule has 8 nitrogen and oxygen atoms in total. The van der Waals surface area contributed by atoms with Crippen molar-refractivity contribution < 1.29 is 19.2 Å². The normalized spacial score (nSPS) is 11.9. The Morgan fingerprint density at radius 2 is 2.00 bits per heavy atom. The molecule has 0 radical (unpaired) electrons. The molecular formula is C20H26FIN4O4. The number of hydrogen-bond donors (Lipinski definition) is 3. The number of hydrogen-bond acceptors (Lipinski definition) is 5. The molecule has 2 aromatic carbocycles. The van der Waals surface area contributed by atoms with Gasteiger partial charge in [0.05, 0.1) is 11.5 Å².